The fraction of sp³-hybridized carbons (Fsp3) is 0.333. The van der Waals surface area contributed by atoms with Crippen molar-refractivity contribution in [2.24, 2.45) is 0 Å². The van der Waals surface area contributed by atoms with Crippen LogP contribution in [-0.2, 0) is 10.1 Å². The molecule has 1 fully saturated rings. The van der Waals surface area contributed by atoms with Gasteiger partial charge in [0.25, 0.3) is 10.1 Å². The van der Waals surface area contributed by atoms with Crippen LogP contribution in [0.15, 0.2) is 29.2 Å². The Labute approximate surface area is 77.1 Å². The summed E-state index contributed by atoms with van der Waals surface area (Å²) in [6.45, 7) is 0. The van der Waals surface area contributed by atoms with Crippen LogP contribution in [0.5, 0.6) is 0 Å². The van der Waals surface area contributed by atoms with Crippen molar-refractivity contribution in [1.29, 1.82) is 0 Å². The smallest absolute Gasteiger partial charge is 0.282 e. The van der Waals surface area contributed by atoms with Crippen LogP contribution in [0.25, 0.3) is 0 Å². The maximum Gasteiger partial charge on any atom is 0.294 e. The van der Waals surface area contributed by atoms with Crippen LogP contribution in [0.3, 0.4) is 0 Å². The van der Waals surface area contributed by atoms with Crippen molar-refractivity contribution in [2.75, 3.05) is 0 Å². The Hall–Kier alpha value is -0.870. The van der Waals surface area contributed by atoms with E-state index in [1.165, 1.54) is 25.0 Å². The lowest BCUT2D eigenvalue weighted by molar-refractivity contribution is 0.483. The topological polar surface area (TPSA) is 54.4 Å². The van der Waals surface area contributed by atoms with Gasteiger partial charge in [-0.25, -0.2) is 0 Å². The molecule has 70 valence electrons. The van der Waals surface area contributed by atoms with Gasteiger partial charge in [0.1, 0.15) is 0 Å². The maximum atomic E-state index is 10.7. The Balaban J connectivity index is 2.33. The third-order valence-corrected chi connectivity index (χ3v) is 3.09. The highest BCUT2D eigenvalue weighted by Gasteiger charge is 2.23. The number of benzene rings is 1. The largest absolute Gasteiger partial charge is 0.294 e. The quantitative estimate of drug-likeness (QED) is 0.737. The molecule has 0 radical (unpaired) electrons. The minimum atomic E-state index is -4.02. The normalized spacial score (nSPS) is 17.3. The predicted molar refractivity (Wildman–Crippen MR) is 48.2 cm³/mol. The van der Waals surface area contributed by atoms with Gasteiger partial charge < -0.3 is 0 Å². The van der Waals surface area contributed by atoms with E-state index in [-0.39, 0.29) is 4.90 Å². The van der Waals surface area contributed by atoms with E-state index in [9.17, 15) is 8.42 Å². The molecule has 0 saturated heterocycles. The number of hydrogen-bond acceptors (Lipinski definition) is 2. The molecule has 1 aliphatic carbocycles. The molecule has 1 aromatic carbocycles. The minimum absolute atomic E-state index is 0.0306. The highest BCUT2D eigenvalue weighted by Crippen LogP contribution is 2.40. The molecule has 3 nitrogen and oxygen atoms in total. The highest BCUT2D eigenvalue weighted by atomic mass is 32.2. The first-order valence-electron chi connectivity index (χ1n) is 4.15. The Kier molecular flexibility index (Phi) is 1.89. The lowest BCUT2D eigenvalue weighted by Gasteiger charge is -1.99. The molecule has 1 aliphatic rings. The molecular formula is C9H10O3S. The second kappa shape index (κ2) is 2.82. The van der Waals surface area contributed by atoms with Gasteiger partial charge in [-0.2, -0.15) is 8.42 Å². The first kappa shape index (κ1) is 8.72. The molecule has 13 heavy (non-hydrogen) atoms. The molecule has 0 aromatic heterocycles. The van der Waals surface area contributed by atoms with Crippen LogP contribution < -0.4 is 0 Å². The van der Waals surface area contributed by atoms with E-state index in [0.29, 0.717) is 5.92 Å². The maximum absolute atomic E-state index is 10.7. The molecule has 0 amide bonds. The van der Waals surface area contributed by atoms with Crippen molar-refractivity contribution >= 4 is 10.1 Å². The molecule has 1 saturated carbocycles. The van der Waals surface area contributed by atoms with Gasteiger partial charge in [0.15, 0.2) is 0 Å². The zero-order valence-electron chi connectivity index (χ0n) is 6.97. The molecule has 2 rings (SSSR count). The highest BCUT2D eigenvalue weighted by molar-refractivity contribution is 7.85. The molecule has 1 aromatic rings. The van der Waals surface area contributed by atoms with Gasteiger partial charge in [0.05, 0.1) is 4.90 Å². The third kappa shape index (κ3) is 1.89. The van der Waals surface area contributed by atoms with Crippen molar-refractivity contribution in [2.45, 2.75) is 23.7 Å². The molecule has 0 aliphatic heterocycles. The van der Waals surface area contributed by atoms with E-state index in [0.717, 1.165) is 5.56 Å². The SMILES string of the molecule is O=S(=O)(O)c1ccc(C2CC2)cc1. The fourth-order valence-electron chi connectivity index (χ4n) is 1.33. The molecule has 0 atom stereocenters. The van der Waals surface area contributed by atoms with Crippen molar-refractivity contribution < 1.29 is 13.0 Å². The van der Waals surface area contributed by atoms with Gasteiger partial charge in [0, 0.05) is 0 Å². The second-order valence-corrected chi connectivity index (χ2v) is 4.74. The fourth-order valence-corrected chi connectivity index (χ4v) is 1.81. The summed E-state index contributed by atoms with van der Waals surface area (Å²) >= 11 is 0. The monoisotopic (exact) mass is 198 g/mol. The first-order valence-corrected chi connectivity index (χ1v) is 5.59. The molecular weight excluding hydrogens is 188 g/mol. The van der Waals surface area contributed by atoms with Crippen LogP contribution in [0.1, 0.15) is 24.3 Å². The van der Waals surface area contributed by atoms with E-state index in [4.69, 9.17) is 4.55 Å². The summed E-state index contributed by atoms with van der Waals surface area (Å²) in [5, 5.41) is 0. The molecule has 0 spiro atoms. The van der Waals surface area contributed by atoms with Gasteiger partial charge in [-0.3, -0.25) is 4.55 Å². The molecule has 1 N–H and O–H groups in total. The summed E-state index contributed by atoms with van der Waals surface area (Å²) in [4.78, 5) is -0.0306. The minimum Gasteiger partial charge on any atom is -0.282 e. The van der Waals surface area contributed by atoms with Gasteiger partial charge in [0.2, 0.25) is 0 Å². The van der Waals surface area contributed by atoms with Gasteiger partial charge in [-0.15, -0.1) is 0 Å². The average molecular weight is 198 g/mol. The van der Waals surface area contributed by atoms with Gasteiger partial charge in [-0.05, 0) is 36.5 Å². The van der Waals surface area contributed by atoms with Crippen LogP contribution in [0, 0.1) is 0 Å². The Morgan fingerprint density at radius 1 is 1.15 bits per heavy atom. The zero-order valence-corrected chi connectivity index (χ0v) is 7.79. The van der Waals surface area contributed by atoms with E-state index in [2.05, 4.69) is 0 Å². The first-order chi connectivity index (χ1) is 6.07. The van der Waals surface area contributed by atoms with Gasteiger partial charge >= 0.3 is 0 Å². The number of hydrogen-bond donors (Lipinski definition) is 1. The van der Waals surface area contributed by atoms with Gasteiger partial charge in [-0.1, -0.05) is 12.1 Å². The second-order valence-electron chi connectivity index (χ2n) is 3.32. The number of rotatable bonds is 2. The summed E-state index contributed by atoms with van der Waals surface area (Å²) in [6.07, 6.45) is 2.37. The summed E-state index contributed by atoms with van der Waals surface area (Å²) in [5.41, 5.74) is 1.16. The van der Waals surface area contributed by atoms with Crippen molar-refractivity contribution in [1.82, 2.24) is 0 Å². The van der Waals surface area contributed by atoms with Crippen molar-refractivity contribution in [3.8, 4) is 0 Å². The zero-order chi connectivity index (χ0) is 9.47. The Morgan fingerprint density at radius 2 is 1.69 bits per heavy atom. The summed E-state index contributed by atoms with van der Waals surface area (Å²) in [5.74, 6) is 0.607. The third-order valence-electron chi connectivity index (χ3n) is 2.23. The Morgan fingerprint density at radius 3 is 2.08 bits per heavy atom. The van der Waals surface area contributed by atoms with Crippen LogP contribution in [0.4, 0.5) is 0 Å². The summed E-state index contributed by atoms with van der Waals surface area (Å²) < 4.78 is 30.1. The Bertz CT molecular complexity index is 401. The lowest BCUT2D eigenvalue weighted by atomic mass is 10.1. The average Bonchev–Trinajstić information content (AvgIpc) is 2.85. The van der Waals surface area contributed by atoms with Crippen molar-refractivity contribution in [3.05, 3.63) is 29.8 Å². The predicted octanol–water partition coefficient (Wildman–Crippen LogP) is 1.81. The standard InChI is InChI=1S/C9H10O3S/c10-13(11,12)9-5-3-8(4-6-9)7-1-2-7/h3-7H,1-2H2,(H,10,11,12). The summed E-state index contributed by atoms with van der Waals surface area (Å²) in [7, 11) is -4.02. The molecule has 0 heterocycles. The molecule has 0 unspecified atom stereocenters. The van der Waals surface area contributed by atoms with E-state index in [1.807, 2.05) is 0 Å². The molecule has 0 bridgehead atoms. The van der Waals surface area contributed by atoms with Crippen LogP contribution >= 0.6 is 0 Å². The van der Waals surface area contributed by atoms with E-state index >= 15 is 0 Å². The van der Waals surface area contributed by atoms with E-state index in [1.54, 1.807) is 12.1 Å². The van der Waals surface area contributed by atoms with Crippen molar-refractivity contribution in [3.63, 3.8) is 0 Å². The lowest BCUT2D eigenvalue weighted by Crippen LogP contribution is -1.97. The van der Waals surface area contributed by atoms with E-state index < -0.39 is 10.1 Å². The summed E-state index contributed by atoms with van der Waals surface area (Å²) in [6, 6.07) is 6.42. The van der Waals surface area contributed by atoms with Crippen LogP contribution in [-0.4, -0.2) is 13.0 Å². The molecule has 4 heteroatoms. The van der Waals surface area contributed by atoms with Crippen LogP contribution in [0.2, 0.25) is 0 Å².